The van der Waals surface area contributed by atoms with Crippen LogP contribution in [0.25, 0.3) is 0 Å². The largest absolute Gasteiger partial charge is 0.454 e. The van der Waals surface area contributed by atoms with Crippen LogP contribution in [0.15, 0.2) is 42.5 Å². The highest BCUT2D eigenvalue weighted by atomic mass is 19.1. The molecule has 1 aliphatic rings. The lowest BCUT2D eigenvalue weighted by Gasteiger charge is -2.21. The summed E-state index contributed by atoms with van der Waals surface area (Å²) >= 11 is 0. The van der Waals surface area contributed by atoms with Gasteiger partial charge in [0.25, 0.3) is 17.7 Å². The molecule has 2 aromatic rings. The zero-order chi connectivity index (χ0) is 22.0. The number of ether oxygens (including phenoxy) is 1. The first-order valence-corrected chi connectivity index (χ1v) is 9.08. The molecule has 0 aromatic heterocycles. The second-order valence-electron chi connectivity index (χ2n) is 6.76. The maximum Gasteiger partial charge on any atom is 0.329 e. The number of nitrogens with zero attached hydrogens (tertiary/aromatic N) is 1. The highest BCUT2D eigenvalue weighted by molar-refractivity contribution is 6.22. The lowest BCUT2D eigenvalue weighted by atomic mass is 10.1. The highest BCUT2D eigenvalue weighted by Gasteiger charge is 2.41. The van der Waals surface area contributed by atoms with E-state index >= 15 is 0 Å². The summed E-state index contributed by atoms with van der Waals surface area (Å²) in [6.45, 7) is 2.11. The summed E-state index contributed by atoms with van der Waals surface area (Å²) in [5.74, 6) is -4.48. The van der Waals surface area contributed by atoms with Gasteiger partial charge in [-0.05, 0) is 32.0 Å². The van der Waals surface area contributed by atoms with Crippen molar-refractivity contribution >= 4 is 23.7 Å². The molecule has 0 radical (unpaired) electrons. The van der Waals surface area contributed by atoms with Crippen LogP contribution in [0.3, 0.4) is 0 Å². The van der Waals surface area contributed by atoms with Gasteiger partial charge in [-0.25, -0.2) is 13.6 Å². The molecule has 0 fully saturated rings. The van der Waals surface area contributed by atoms with Gasteiger partial charge in [0.05, 0.1) is 17.2 Å². The number of esters is 1. The summed E-state index contributed by atoms with van der Waals surface area (Å²) in [5, 5.41) is 2.43. The number of halogens is 2. The van der Waals surface area contributed by atoms with Crippen LogP contribution in [0.5, 0.6) is 0 Å². The molecule has 0 spiro atoms. The van der Waals surface area contributed by atoms with Crippen LogP contribution in [0, 0.1) is 11.6 Å². The standard InChI is InChI=1S/C21H18F2N2O5/c1-11(14-8-7-13(22)9-17(14)23)24-18(26)10-30-21(29)12(2)25-19(27)15-5-3-4-6-16(15)20(25)28/h3-9,11-12H,10H2,1-2H3,(H,24,26)/t11-,12-/m1/s1. The van der Waals surface area contributed by atoms with Gasteiger partial charge in [0.1, 0.15) is 17.7 Å². The zero-order valence-electron chi connectivity index (χ0n) is 16.1. The summed E-state index contributed by atoms with van der Waals surface area (Å²) in [5.41, 5.74) is 0.445. The third kappa shape index (κ3) is 4.05. The zero-order valence-corrected chi connectivity index (χ0v) is 16.1. The molecule has 2 atom stereocenters. The van der Waals surface area contributed by atoms with Crippen molar-refractivity contribution in [3.8, 4) is 0 Å². The van der Waals surface area contributed by atoms with E-state index in [0.717, 1.165) is 11.0 Å². The van der Waals surface area contributed by atoms with Gasteiger partial charge >= 0.3 is 5.97 Å². The highest BCUT2D eigenvalue weighted by Crippen LogP contribution is 2.24. The molecule has 3 amide bonds. The number of hydrogen-bond acceptors (Lipinski definition) is 5. The molecule has 0 saturated carbocycles. The van der Waals surface area contributed by atoms with Gasteiger partial charge in [0.2, 0.25) is 0 Å². The normalized spacial score (nSPS) is 14.9. The Balaban J connectivity index is 1.57. The van der Waals surface area contributed by atoms with Crippen LogP contribution in [0.1, 0.15) is 46.2 Å². The Labute approximate surface area is 170 Å². The van der Waals surface area contributed by atoms with E-state index in [9.17, 15) is 28.0 Å². The van der Waals surface area contributed by atoms with E-state index < -0.39 is 54.0 Å². The van der Waals surface area contributed by atoms with E-state index in [1.165, 1.54) is 32.0 Å². The number of nitrogens with one attached hydrogen (secondary N) is 1. The summed E-state index contributed by atoms with van der Waals surface area (Å²) in [7, 11) is 0. The minimum absolute atomic E-state index is 0.0652. The van der Waals surface area contributed by atoms with Gasteiger partial charge in [0, 0.05) is 11.6 Å². The summed E-state index contributed by atoms with van der Waals surface area (Å²) in [4.78, 5) is 49.9. The van der Waals surface area contributed by atoms with Crippen LogP contribution in [0.4, 0.5) is 8.78 Å². The Hall–Kier alpha value is -3.62. The summed E-state index contributed by atoms with van der Waals surface area (Å²) in [6, 6.07) is 7.09. The van der Waals surface area contributed by atoms with Gasteiger partial charge in [-0.15, -0.1) is 0 Å². The second kappa shape index (κ2) is 8.40. The first-order valence-electron chi connectivity index (χ1n) is 9.08. The quantitative estimate of drug-likeness (QED) is 0.577. The number of imide groups is 1. The molecular weight excluding hydrogens is 398 g/mol. The lowest BCUT2D eigenvalue weighted by Crippen LogP contribution is -2.44. The number of fused-ring (bicyclic) bond motifs is 1. The first-order chi connectivity index (χ1) is 14.2. The first kappa shape index (κ1) is 21.1. The average Bonchev–Trinajstić information content (AvgIpc) is 2.96. The van der Waals surface area contributed by atoms with Crippen LogP contribution in [-0.2, 0) is 14.3 Å². The Morgan fingerprint density at radius 2 is 1.63 bits per heavy atom. The third-order valence-electron chi connectivity index (χ3n) is 4.71. The monoisotopic (exact) mass is 416 g/mol. The van der Waals surface area contributed by atoms with E-state index in [1.807, 2.05) is 0 Å². The molecule has 30 heavy (non-hydrogen) atoms. The second-order valence-corrected chi connectivity index (χ2v) is 6.76. The Morgan fingerprint density at radius 3 is 2.20 bits per heavy atom. The van der Waals surface area contributed by atoms with Gasteiger partial charge in [-0.1, -0.05) is 18.2 Å². The molecule has 2 aromatic carbocycles. The van der Waals surface area contributed by atoms with E-state index in [-0.39, 0.29) is 16.7 Å². The van der Waals surface area contributed by atoms with Crippen molar-refractivity contribution in [2.24, 2.45) is 0 Å². The average molecular weight is 416 g/mol. The predicted molar refractivity (Wildman–Crippen MR) is 100 cm³/mol. The van der Waals surface area contributed by atoms with Crippen molar-refractivity contribution in [2.45, 2.75) is 25.9 Å². The predicted octanol–water partition coefficient (Wildman–Crippen LogP) is 2.37. The fraction of sp³-hybridized carbons (Fsp3) is 0.238. The van der Waals surface area contributed by atoms with Crippen LogP contribution < -0.4 is 5.32 Å². The van der Waals surface area contributed by atoms with E-state index in [2.05, 4.69) is 5.32 Å². The van der Waals surface area contributed by atoms with Gasteiger partial charge in [0.15, 0.2) is 6.61 Å². The molecule has 0 saturated heterocycles. The van der Waals surface area contributed by atoms with Crippen molar-refractivity contribution in [2.75, 3.05) is 6.61 Å². The van der Waals surface area contributed by atoms with Crippen molar-refractivity contribution in [3.05, 3.63) is 70.8 Å². The number of rotatable bonds is 6. The molecular formula is C21H18F2N2O5. The minimum Gasteiger partial charge on any atom is -0.454 e. The van der Waals surface area contributed by atoms with Crippen LogP contribution >= 0.6 is 0 Å². The van der Waals surface area contributed by atoms with Gasteiger partial charge in [-0.2, -0.15) is 0 Å². The summed E-state index contributed by atoms with van der Waals surface area (Å²) < 4.78 is 31.7. The Bertz CT molecular complexity index is 1000. The molecule has 156 valence electrons. The minimum atomic E-state index is -1.24. The topological polar surface area (TPSA) is 92.8 Å². The number of amides is 3. The van der Waals surface area contributed by atoms with E-state index in [1.54, 1.807) is 12.1 Å². The summed E-state index contributed by atoms with van der Waals surface area (Å²) in [6.07, 6.45) is 0. The molecule has 0 bridgehead atoms. The molecule has 1 heterocycles. The molecule has 7 nitrogen and oxygen atoms in total. The molecule has 9 heteroatoms. The Morgan fingerprint density at radius 1 is 1.03 bits per heavy atom. The van der Waals surface area contributed by atoms with E-state index in [0.29, 0.717) is 6.07 Å². The van der Waals surface area contributed by atoms with Crippen molar-refractivity contribution < 1.29 is 32.7 Å². The van der Waals surface area contributed by atoms with Crippen molar-refractivity contribution in [1.29, 1.82) is 0 Å². The van der Waals surface area contributed by atoms with Crippen LogP contribution in [0.2, 0.25) is 0 Å². The molecule has 1 N–H and O–H groups in total. The van der Waals surface area contributed by atoms with Gasteiger partial charge in [-0.3, -0.25) is 19.3 Å². The Kier molecular flexibility index (Phi) is 5.91. The maximum atomic E-state index is 13.8. The number of benzene rings is 2. The molecule has 1 aliphatic heterocycles. The van der Waals surface area contributed by atoms with Crippen molar-refractivity contribution in [1.82, 2.24) is 10.2 Å². The third-order valence-corrected chi connectivity index (χ3v) is 4.71. The van der Waals surface area contributed by atoms with E-state index in [4.69, 9.17) is 4.74 Å². The molecule has 0 unspecified atom stereocenters. The molecule has 0 aliphatic carbocycles. The molecule has 3 rings (SSSR count). The maximum absolute atomic E-state index is 13.8. The number of hydrogen-bond donors (Lipinski definition) is 1. The smallest absolute Gasteiger partial charge is 0.329 e. The van der Waals surface area contributed by atoms with Gasteiger partial charge < -0.3 is 10.1 Å². The fourth-order valence-corrected chi connectivity index (χ4v) is 3.14. The number of carbonyl (C=O) groups excluding carboxylic acids is 4. The van der Waals surface area contributed by atoms with Crippen LogP contribution in [-0.4, -0.2) is 41.2 Å². The number of carbonyl (C=O) groups is 4. The lowest BCUT2D eigenvalue weighted by molar-refractivity contribution is -0.152. The van der Waals surface area contributed by atoms with Crippen molar-refractivity contribution in [3.63, 3.8) is 0 Å². The SMILES string of the molecule is C[C@H](C(=O)OCC(=O)N[C@H](C)c1ccc(F)cc1F)N1C(=O)c2ccccc2C1=O. The fourth-order valence-electron chi connectivity index (χ4n) is 3.14.